The Kier molecular flexibility index (Phi) is 3.24. The summed E-state index contributed by atoms with van der Waals surface area (Å²) >= 11 is 0. The summed E-state index contributed by atoms with van der Waals surface area (Å²) in [6, 6.07) is 0.690. The summed E-state index contributed by atoms with van der Waals surface area (Å²) in [4.78, 5) is 0. The number of rotatable bonds is 1. The summed E-state index contributed by atoms with van der Waals surface area (Å²) in [7, 11) is 0. The van der Waals surface area contributed by atoms with Gasteiger partial charge in [0.05, 0.1) is 12.2 Å². The van der Waals surface area contributed by atoms with Crippen LogP contribution in [0.4, 0.5) is 0 Å². The number of piperidine rings is 1. The monoisotopic (exact) mass is 195 g/mol. The molecule has 0 spiro atoms. The lowest BCUT2D eigenvalue weighted by Crippen LogP contribution is -2.33. The molecule has 0 saturated carbocycles. The molecule has 0 aromatic rings. The van der Waals surface area contributed by atoms with Gasteiger partial charge < -0.3 is 10.1 Å². The van der Waals surface area contributed by atoms with Crippen LogP contribution in [-0.2, 0) is 4.74 Å². The third-order valence-electron chi connectivity index (χ3n) is 3.26. The van der Waals surface area contributed by atoms with Crippen LogP contribution in [0.5, 0.6) is 0 Å². The van der Waals surface area contributed by atoms with Crippen LogP contribution in [0, 0.1) is 0 Å². The molecule has 1 N–H and O–H groups in total. The van der Waals surface area contributed by atoms with Crippen molar-refractivity contribution in [3.05, 3.63) is 11.6 Å². The Labute approximate surface area is 86.7 Å². The minimum Gasteiger partial charge on any atom is -0.371 e. The fraction of sp³-hybridized carbons (Fsp3) is 0.833. The Morgan fingerprint density at radius 3 is 2.71 bits per heavy atom. The van der Waals surface area contributed by atoms with E-state index in [0.717, 1.165) is 6.54 Å². The van der Waals surface area contributed by atoms with Crippen molar-refractivity contribution in [2.45, 2.75) is 57.8 Å². The molecule has 3 atom stereocenters. The van der Waals surface area contributed by atoms with Crippen molar-refractivity contribution in [1.82, 2.24) is 5.32 Å². The third-order valence-corrected chi connectivity index (χ3v) is 3.26. The van der Waals surface area contributed by atoms with Gasteiger partial charge in [0, 0.05) is 12.6 Å². The fourth-order valence-electron chi connectivity index (χ4n) is 2.26. The van der Waals surface area contributed by atoms with Crippen molar-refractivity contribution < 1.29 is 4.74 Å². The predicted octanol–water partition coefficient (Wildman–Crippen LogP) is 2.25. The first-order valence-electron chi connectivity index (χ1n) is 5.82. The second-order valence-corrected chi connectivity index (χ2v) is 4.71. The molecule has 2 heterocycles. The lowest BCUT2D eigenvalue weighted by molar-refractivity contribution is 0.0826. The first-order chi connectivity index (χ1) is 6.74. The van der Waals surface area contributed by atoms with Gasteiger partial charge in [0.25, 0.3) is 0 Å². The Morgan fingerprint density at radius 1 is 1.29 bits per heavy atom. The van der Waals surface area contributed by atoms with Crippen LogP contribution in [0.25, 0.3) is 0 Å². The van der Waals surface area contributed by atoms with Gasteiger partial charge in [0.1, 0.15) is 0 Å². The average molecular weight is 195 g/mol. The van der Waals surface area contributed by atoms with E-state index in [9.17, 15) is 0 Å². The van der Waals surface area contributed by atoms with Gasteiger partial charge >= 0.3 is 0 Å². The maximum atomic E-state index is 5.79. The third kappa shape index (κ3) is 2.58. The zero-order valence-corrected chi connectivity index (χ0v) is 9.25. The van der Waals surface area contributed by atoms with Crippen LogP contribution >= 0.6 is 0 Å². The quantitative estimate of drug-likeness (QED) is 0.648. The summed E-state index contributed by atoms with van der Waals surface area (Å²) in [5, 5.41) is 3.49. The molecule has 0 amide bonds. The molecular formula is C12H21NO. The molecule has 0 aromatic heterocycles. The molecule has 0 radical (unpaired) electrons. The van der Waals surface area contributed by atoms with Gasteiger partial charge in [-0.25, -0.2) is 0 Å². The minimum absolute atomic E-state index is 0.398. The first kappa shape index (κ1) is 10.2. The van der Waals surface area contributed by atoms with E-state index in [1.807, 2.05) is 0 Å². The van der Waals surface area contributed by atoms with E-state index in [2.05, 4.69) is 25.2 Å². The molecule has 0 aromatic carbocycles. The van der Waals surface area contributed by atoms with Crippen LogP contribution in [0.2, 0.25) is 0 Å². The van der Waals surface area contributed by atoms with Gasteiger partial charge in [-0.15, -0.1) is 0 Å². The largest absolute Gasteiger partial charge is 0.371 e. The van der Waals surface area contributed by atoms with Crippen LogP contribution in [0.15, 0.2) is 11.6 Å². The fourth-order valence-corrected chi connectivity index (χ4v) is 2.26. The summed E-state index contributed by atoms with van der Waals surface area (Å²) in [6.07, 6.45) is 8.17. The second-order valence-electron chi connectivity index (χ2n) is 4.71. The van der Waals surface area contributed by atoms with E-state index in [1.165, 1.54) is 25.7 Å². The van der Waals surface area contributed by atoms with Gasteiger partial charge in [0.2, 0.25) is 0 Å². The predicted molar refractivity (Wildman–Crippen MR) is 58.4 cm³/mol. The van der Waals surface area contributed by atoms with Gasteiger partial charge in [-0.05, 0) is 39.5 Å². The van der Waals surface area contributed by atoms with Crippen molar-refractivity contribution in [3.8, 4) is 0 Å². The summed E-state index contributed by atoms with van der Waals surface area (Å²) in [5.74, 6) is 0. The molecule has 0 aliphatic carbocycles. The van der Waals surface area contributed by atoms with Gasteiger partial charge in [-0.2, -0.15) is 0 Å². The molecule has 3 unspecified atom stereocenters. The van der Waals surface area contributed by atoms with Gasteiger partial charge in [-0.3, -0.25) is 0 Å². The molecular weight excluding hydrogens is 174 g/mol. The highest BCUT2D eigenvalue weighted by molar-refractivity contribution is 5.11. The van der Waals surface area contributed by atoms with Crippen molar-refractivity contribution in [2.75, 3.05) is 6.54 Å². The number of hydrogen-bond donors (Lipinski definition) is 1. The first-order valence-corrected chi connectivity index (χ1v) is 5.82. The van der Waals surface area contributed by atoms with Gasteiger partial charge in [-0.1, -0.05) is 11.6 Å². The summed E-state index contributed by atoms with van der Waals surface area (Å²) in [5.41, 5.74) is 1.54. The molecule has 14 heavy (non-hydrogen) atoms. The highest BCUT2D eigenvalue weighted by Gasteiger charge is 2.21. The molecule has 2 aliphatic rings. The number of ether oxygens (including phenoxy) is 1. The number of hydrogen-bond acceptors (Lipinski definition) is 2. The smallest absolute Gasteiger partial charge is 0.0763 e. The Bertz CT molecular complexity index is 214. The van der Waals surface area contributed by atoms with Crippen LogP contribution in [-0.4, -0.2) is 24.8 Å². The summed E-state index contributed by atoms with van der Waals surface area (Å²) in [6.45, 7) is 5.49. The molecule has 2 saturated heterocycles. The van der Waals surface area contributed by atoms with Crippen molar-refractivity contribution in [2.24, 2.45) is 0 Å². The Hall–Kier alpha value is -0.340. The van der Waals surface area contributed by atoms with Crippen molar-refractivity contribution >= 4 is 0 Å². The van der Waals surface area contributed by atoms with E-state index >= 15 is 0 Å². The maximum Gasteiger partial charge on any atom is 0.0763 e. The van der Waals surface area contributed by atoms with Crippen LogP contribution in [0.3, 0.4) is 0 Å². The van der Waals surface area contributed by atoms with Gasteiger partial charge in [0.15, 0.2) is 0 Å². The zero-order chi connectivity index (χ0) is 9.97. The van der Waals surface area contributed by atoms with Crippen LogP contribution in [0.1, 0.15) is 39.5 Å². The van der Waals surface area contributed by atoms with E-state index in [0.29, 0.717) is 18.2 Å². The normalized spacial score (nSPS) is 41.9. The molecule has 80 valence electrons. The highest BCUT2D eigenvalue weighted by Crippen LogP contribution is 2.23. The molecule has 2 aliphatic heterocycles. The molecule has 0 bridgehead atoms. The van der Waals surface area contributed by atoms with E-state index < -0.39 is 0 Å². The van der Waals surface area contributed by atoms with Crippen LogP contribution < -0.4 is 5.32 Å². The molecule has 2 heteroatoms. The molecule has 2 nitrogen and oxygen atoms in total. The topological polar surface area (TPSA) is 21.3 Å². The second kappa shape index (κ2) is 4.45. The van der Waals surface area contributed by atoms with Crippen molar-refractivity contribution in [3.63, 3.8) is 0 Å². The highest BCUT2D eigenvalue weighted by atomic mass is 16.5. The maximum absolute atomic E-state index is 5.79. The lowest BCUT2D eigenvalue weighted by atomic mass is 9.99. The average Bonchev–Trinajstić information content (AvgIpc) is 2.56. The molecule has 2 fully saturated rings. The van der Waals surface area contributed by atoms with E-state index in [1.54, 1.807) is 5.57 Å². The van der Waals surface area contributed by atoms with E-state index in [-0.39, 0.29) is 0 Å². The SMILES string of the molecule is CC1CC/C(=C/C2CCC(C)O2)CN1. The Balaban J connectivity index is 1.85. The number of nitrogens with one attached hydrogen (secondary N) is 1. The molecule has 2 rings (SSSR count). The minimum atomic E-state index is 0.398. The lowest BCUT2D eigenvalue weighted by Gasteiger charge is -2.23. The summed E-state index contributed by atoms with van der Waals surface area (Å²) < 4.78 is 5.79. The van der Waals surface area contributed by atoms with Crippen molar-refractivity contribution in [1.29, 1.82) is 0 Å². The standard InChI is InChI=1S/C12H21NO/c1-9-3-5-11(8-13-9)7-12-6-4-10(2)14-12/h7,9-10,12-13H,3-6,8H2,1-2H3/b11-7-. The Morgan fingerprint density at radius 2 is 2.14 bits per heavy atom. The zero-order valence-electron chi connectivity index (χ0n) is 9.25. The van der Waals surface area contributed by atoms with E-state index in [4.69, 9.17) is 4.74 Å².